The van der Waals surface area contributed by atoms with Gasteiger partial charge in [-0.15, -0.1) is 0 Å². The standard InChI is InChI=1S/C51H32N4O/c1-4-13-33(14-5-1)36-19-12-20-38(29-36)50-52-49(35-17-8-3-9-18-35)53-51(54-50)39-24-27-43-44-32-40(25-28-47(44)56-48(43)31-39)55-45-22-11-10-21-41(45)42-26-23-37(30-46(42)55)34-15-6-2-7-16-34/h1-32H. The molecule has 5 heteroatoms. The predicted molar refractivity (Wildman–Crippen MR) is 229 cm³/mol. The van der Waals surface area contributed by atoms with Crippen molar-refractivity contribution in [3.63, 3.8) is 0 Å². The van der Waals surface area contributed by atoms with E-state index in [4.69, 9.17) is 19.4 Å². The fourth-order valence-corrected chi connectivity index (χ4v) is 7.92. The molecule has 0 saturated carbocycles. The summed E-state index contributed by atoms with van der Waals surface area (Å²) in [6.45, 7) is 0. The van der Waals surface area contributed by atoms with Gasteiger partial charge in [0.2, 0.25) is 0 Å². The Hall–Kier alpha value is -7.63. The predicted octanol–water partition coefficient (Wildman–Crippen LogP) is 13.2. The van der Waals surface area contributed by atoms with Gasteiger partial charge >= 0.3 is 0 Å². The van der Waals surface area contributed by atoms with Gasteiger partial charge in [0.1, 0.15) is 11.2 Å². The van der Waals surface area contributed by atoms with Crippen LogP contribution in [0.2, 0.25) is 0 Å². The summed E-state index contributed by atoms with van der Waals surface area (Å²) in [6, 6.07) is 67.5. The van der Waals surface area contributed by atoms with Gasteiger partial charge in [0.25, 0.3) is 0 Å². The van der Waals surface area contributed by atoms with Crippen LogP contribution in [0.5, 0.6) is 0 Å². The molecule has 0 spiro atoms. The second kappa shape index (κ2) is 13.0. The van der Waals surface area contributed by atoms with Gasteiger partial charge < -0.3 is 8.98 Å². The van der Waals surface area contributed by atoms with Gasteiger partial charge in [0, 0.05) is 43.9 Å². The van der Waals surface area contributed by atoms with Crippen molar-refractivity contribution in [1.29, 1.82) is 0 Å². The van der Waals surface area contributed by atoms with Crippen molar-refractivity contribution < 1.29 is 4.42 Å². The third kappa shape index (κ3) is 5.45. The van der Waals surface area contributed by atoms with Gasteiger partial charge in [-0.2, -0.15) is 0 Å². The molecule has 56 heavy (non-hydrogen) atoms. The normalized spacial score (nSPS) is 11.6. The first kappa shape index (κ1) is 31.9. The average Bonchev–Trinajstić information content (AvgIpc) is 3.81. The summed E-state index contributed by atoms with van der Waals surface area (Å²) in [6.07, 6.45) is 0. The first-order valence-corrected chi connectivity index (χ1v) is 18.8. The van der Waals surface area contributed by atoms with E-state index in [0.717, 1.165) is 66.5 Å². The monoisotopic (exact) mass is 716 g/mol. The highest BCUT2D eigenvalue weighted by Gasteiger charge is 2.18. The highest BCUT2D eigenvalue weighted by molar-refractivity contribution is 6.11. The van der Waals surface area contributed by atoms with Crippen molar-refractivity contribution in [1.82, 2.24) is 19.5 Å². The number of nitrogens with zero attached hydrogens (tertiary/aromatic N) is 4. The van der Waals surface area contributed by atoms with Crippen molar-refractivity contribution in [3.8, 4) is 62.1 Å². The Morgan fingerprint density at radius 2 is 0.839 bits per heavy atom. The van der Waals surface area contributed by atoms with Gasteiger partial charge in [-0.3, -0.25) is 0 Å². The van der Waals surface area contributed by atoms with E-state index in [2.05, 4.69) is 162 Å². The van der Waals surface area contributed by atoms with Crippen molar-refractivity contribution >= 4 is 43.7 Å². The fraction of sp³-hybridized carbons (Fsp3) is 0. The van der Waals surface area contributed by atoms with Crippen LogP contribution in [0.15, 0.2) is 199 Å². The van der Waals surface area contributed by atoms with Gasteiger partial charge in [0.15, 0.2) is 17.5 Å². The number of para-hydroxylation sites is 1. The van der Waals surface area contributed by atoms with Crippen LogP contribution in [0, 0.1) is 0 Å². The zero-order chi connectivity index (χ0) is 37.0. The van der Waals surface area contributed by atoms with Crippen LogP contribution >= 0.6 is 0 Å². The molecule has 0 aliphatic heterocycles. The number of hydrogen-bond donors (Lipinski definition) is 0. The summed E-state index contributed by atoms with van der Waals surface area (Å²) in [5.41, 5.74) is 12.3. The van der Waals surface area contributed by atoms with Crippen LogP contribution in [-0.4, -0.2) is 19.5 Å². The molecule has 0 amide bonds. The molecule has 0 saturated heterocycles. The van der Waals surface area contributed by atoms with E-state index in [1.54, 1.807) is 0 Å². The third-order valence-corrected chi connectivity index (χ3v) is 10.6. The lowest BCUT2D eigenvalue weighted by Gasteiger charge is -2.10. The van der Waals surface area contributed by atoms with E-state index in [1.165, 1.54) is 21.9 Å². The number of fused-ring (bicyclic) bond motifs is 6. The first-order valence-electron chi connectivity index (χ1n) is 18.8. The Kier molecular flexibility index (Phi) is 7.42. The smallest absolute Gasteiger partial charge is 0.164 e. The molecule has 0 aliphatic rings. The molecule has 11 aromatic rings. The van der Waals surface area contributed by atoms with Crippen LogP contribution in [-0.2, 0) is 0 Å². The van der Waals surface area contributed by atoms with Gasteiger partial charge in [-0.25, -0.2) is 15.0 Å². The number of hydrogen-bond acceptors (Lipinski definition) is 4. The molecule has 0 N–H and O–H groups in total. The van der Waals surface area contributed by atoms with Gasteiger partial charge in [-0.05, 0) is 70.8 Å². The first-order chi connectivity index (χ1) is 27.7. The lowest BCUT2D eigenvalue weighted by molar-refractivity contribution is 0.669. The molecule has 0 aliphatic carbocycles. The lowest BCUT2D eigenvalue weighted by atomic mass is 10.0. The maximum absolute atomic E-state index is 6.55. The zero-order valence-corrected chi connectivity index (χ0v) is 30.2. The van der Waals surface area contributed by atoms with Crippen LogP contribution in [0.3, 0.4) is 0 Å². The van der Waals surface area contributed by atoms with Crippen LogP contribution in [0.4, 0.5) is 0 Å². The molecular formula is C51H32N4O. The second-order valence-corrected chi connectivity index (χ2v) is 14.1. The summed E-state index contributed by atoms with van der Waals surface area (Å²) >= 11 is 0. The molecule has 0 bridgehead atoms. The van der Waals surface area contributed by atoms with Crippen LogP contribution in [0.1, 0.15) is 0 Å². The second-order valence-electron chi connectivity index (χ2n) is 14.1. The minimum absolute atomic E-state index is 0.585. The summed E-state index contributed by atoms with van der Waals surface area (Å²) in [4.78, 5) is 15.1. The van der Waals surface area contributed by atoms with E-state index in [-0.39, 0.29) is 0 Å². The molecule has 0 atom stereocenters. The summed E-state index contributed by atoms with van der Waals surface area (Å²) in [5.74, 6) is 1.82. The van der Waals surface area contributed by atoms with E-state index in [1.807, 2.05) is 36.4 Å². The van der Waals surface area contributed by atoms with E-state index >= 15 is 0 Å². The molecule has 3 aromatic heterocycles. The summed E-state index contributed by atoms with van der Waals surface area (Å²) < 4.78 is 8.92. The number of furan rings is 1. The summed E-state index contributed by atoms with van der Waals surface area (Å²) in [5, 5.41) is 4.53. The highest BCUT2D eigenvalue weighted by atomic mass is 16.3. The average molecular weight is 717 g/mol. The molecule has 5 nitrogen and oxygen atoms in total. The Balaban J connectivity index is 1.04. The van der Waals surface area contributed by atoms with E-state index < -0.39 is 0 Å². The topological polar surface area (TPSA) is 56.7 Å². The van der Waals surface area contributed by atoms with Crippen LogP contribution in [0.25, 0.3) is 106 Å². The van der Waals surface area contributed by atoms with Gasteiger partial charge in [0.05, 0.1) is 11.0 Å². The minimum Gasteiger partial charge on any atom is -0.456 e. The highest BCUT2D eigenvalue weighted by Crippen LogP contribution is 2.38. The zero-order valence-electron chi connectivity index (χ0n) is 30.2. The minimum atomic E-state index is 0.585. The van der Waals surface area contributed by atoms with Crippen molar-refractivity contribution in [2.75, 3.05) is 0 Å². The molecule has 3 heterocycles. The van der Waals surface area contributed by atoms with Crippen LogP contribution < -0.4 is 0 Å². The Labute approximate surface area is 322 Å². The molecule has 262 valence electrons. The fourth-order valence-electron chi connectivity index (χ4n) is 7.92. The quantitative estimate of drug-likeness (QED) is 0.172. The molecule has 0 fully saturated rings. The molecular weight excluding hydrogens is 685 g/mol. The Bertz CT molecular complexity index is 3240. The SMILES string of the molecule is c1ccc(-c2cccc(-c3nc(-c4ccccc4)nc(-c4ccc5c(c4)oc4ccc(-n6c7ccccc7c7ccc(-c8ccccc8)cc76)cc45)n3)c2)cc1. The summed E-state index contributed by atoms with van der Waals surface area (Å²) in [7, 11) is 0. The van der Waals surface area contributed by atoms with E-state index in [0.29, 0.717) is 17.5 Å². The Morgan fingerprint density at radius 3 is 1.57 bits per heavy atom. The maximum atomic E-state index is 6.55. The largest absolute Gasteiger partial charge is 0.456 e. The molecule has 8 aromatic carbocycles. The van der Waals surface area contributed by atoms with Gasteiger partial charge in [-0.1, -0.05) is 146 Å². The van der Waals surface area contributed by atoms with E-state index in [9.17, 15) is 0 Å². The van der Waals surface area contributed by atoms with Crippen molar-refractivity contribution in [2.24, 2.45) is 0 Å². The number of aromatic nitrogens is 4. The van der Waals surface area contributed by atoms with Crippen molar-refractivity contribution in [3.05, 3.63) is 194 Å². The third-order valence-electron chi connectivity index (χ3n) is 10.6. The maximum Gasteiger partial charge on any atom is 0.164 e. The lowest BCUT2D eigenvalue weighted by Crippen LogP contribution is -2.00. The number of rotatable bonds is 6. The molecule has 0 radical (unpaired) electrons. The van der Waals surface area contributed by atoms with Crippen molar-refractivity contribution in [2.45, 2.75) is 0 Å². The molecule has 11 rings (SSSR count). The number of benzene rings is 8. The molecule has 0 unspecified atom stereocenters. The Morgan fingerprint density at radius 1 is 0.304 bits per heavy atom.